The predicted molar refractivity (Wildman–Crippen MR) is 88.0 cm³/mol. The van der Waals surface area contributed by atoms with Crippen LogP contribution in [0.2, 0.25) is 10.0 Å². The molecule has 1 fully saturated rings. The molecular formula is C16H22Cl2N2O. The van der Waals surface area contributed by atoms with Crippen molar-refractivity contribution in [3.8, 4) is 0 Å². The van der Waals surface area contributed by atoms with Gasteiger partial charge in [-0.1, -0.05) is 29.3 Å². The Kier molecular flexibility index (Phi) is 6.81. The third kappa shape index (κ3) is 5.50. The van der Waals surface area contributed by atoms with E-state index in [2.05, 4.69) is 10.6 Å². The number of benzene rings is 1. The third-order valence-corrected chi connectivity index (χ3v) is 4.71. The van der Waals surface area contributed by atoms with Crippen LogP contribution in [0.25, 0.3) is 0 Å². The van der Waals surface area contributed by atoms with Gasteiger partial charge in [-0.05, 0) is 62.4 Å². The molecule has 1 heterocycles. The van der Waals surface area contributed by atoms with Gasteiger partial charge in [0.05, 0.1) is 0 Å². The number of amides is 1. The summed E-state index contributed by atoms with van der Waals surface area (Å²) in [4.78, 5) is 11.9. The van der Waals surface area contributed by atoms with E-state index in [1.165, 1.54) is 12.8 Å². The van der Waals surface area contributed by atoms with Gasteiger partial charge in [0.2, 0.25) is 5.91 Å². The van der Waals surface area contributed by atoms with Crippen molar-refractivity contribution >= 4 is 29.1 Å². The molecule has 1 aliphatic heterocycles. The summed E-state index contributed by atoms with van der Waals surface area (Å²) >= 11 is 12.2. The van der Waals surface area contributed by atoms with Crippen LogP contribution >= 0.6 is 23.2 Å². The van der Waals surface area contributed by atoms with Gasteiger partial charge in [0, 0.05) is 23.0 Å². The highest BCUT2D eigenvalue weighted by Gasteiger charge is 2.14. The molecule has 0 bridgehead atoms. The van der Waals surface area contributed by atoms with E-state index in [0.717, 1.165) is 25.1 Å². The van der Waals surface area contributed by atoms with Crippen LogP contribution in [0.4, 0.5) is 0 Å². The van der Waals surface area contributed by atoms with Crippen LogP contribution in [0, 0.1) is 5.92 Å². The van der Waals surface area contributed by atoms with Crippen molar-refractivity contribution in [2.24, 2.45) is 5.92 Å². The number of halogens is 2. The normalized spacial score (nSPS) is 15.9. The molecule has 1 aliphatic rings. The van der Waals surface area contributed by atoms with E-state index in [-0.39, 0.29) is 5.91 Å². The van der Waals surface area contributed by atoms with Gasteiger partial charge in [-0.15, -0.1) is 0 Å². The van der Waals surface area contributed by atoms with Crippen molar-refractivity contribution in [2.45, 2.75) is 32.1 Å². The summed E-state index contributed by atoms with van der Waals surface area (Å²) in [6, 6.07) is 5.47. The Balaban J connectivity index is 1.67. The van der Waals surface area contributed by atoms with Crippen molar-refractivity contribution in [1.82, 2.24) is 10.6 Å². The summed E-state index contributed by atoms with van der Waals surface area (Å²) in [7, 11) is 0. The molecule has 5 heteroatoms. The summed E-state index contributed by atoms with van der Waals surface area (Å²) in [5.74, 6) is 0.812. The summed E-state index contributed by atoms with van der Waals surface area (Å²) in [5, 5.41) is 7.61. The molecule has 1 saturated heterocycles. The summed E-state index contributed by atoms with van der Waals surface area (Å²) in [5.41, 5.74) is 0.902. The van der Waals surface area contributed by atoms with Crippen molar-refractivity contribution in [3.05, 3.63) is 33.8 Å². The van der Waals surface area contributed by atoms with Gasteiger partial charge in [-0.25, -0.2) is 0 Å². The molecule has 1 aromatic rings. The van der Waals surface area contributed by atoms with Crippen LogP contribution in [0.15, 0.2) is 18.2 Å². The molecule has 2 rings (SSSR count). The van der Waals surface area contributed by atoms with Gasteiger partial charge in [-0.3, -0.25) is 4.79 Å². The number of rotatable bonds is 6. The second kappa shape index (κ2) is 8.62. The molecule has 1 aromatic carbocycles. The monoisotopic (exact) mass is 328 g/mol. The van der Waals surface area contributed by atoms with Gasteiger partial charge in [0.25, 0.3) is 0 Å². The van der Waals surface area contributed by atoms with Gasteiger partial charge >= 0.3 is 0 Å². The zero-order chi connectivity index (χ0) is 15.1. The Labute approximate surface area is 136 Å². The third-order valence-electron chi connectivity index (χ3n) is 4.00. The number of piperidine rings is 1. The second-order valence-corrected chi connectivity index (χ2v) is 6.35. The van der Waals surface area contributed by atoms with Crippen molar-refractivity contribution < 1.29 is 4.79 Å². The average molecular weight is 329 g/mol. The molecule has 116 valence electrons. The molecule has 0 radical (unpaired) electrons. The van der Waals surface area contributed by atoms with E-state index >= 15 is 0 Å². The molecule has 2 N–H and O–H groups in total. The van der Waals surface area contributed by atoms with Gasteiger partial charge in [-0.2, -0.15) is 0 Å². The van der Waals surface area contributed by atoms with Crippen molar-refractivity contribution in [1.29, 1.82) is 0 Å². The molecular weight excluding hydrogens is 307 g/mol. The second-order valence-electron chi connectivity index (χ2n) is 5.53. The number of hydrogen-bond acceptors (Lipinski definition) is 2. The first-order chi connectivity index (χ1) is 10.2. The number of carbonyl (C=O) groups excluding carboxylic acids is 1. The maximum absolute atomic E-state index is 11.9. The highest BCUT2D eigenvalue weighted by Crippen LogP contribution is 2.24. The maximum atomic E-state index is 11.9. The Morgan fingerprint density at radius 3 is 2.57 bits per heavy atom. The molecule has 0 unspecified atom stereocenters. The number of carbonyl (C=O) groups is 1. The van der Waals surface area contributed by atoms with Crippen molar-refractivity contribution in [3.63, 3.8) is 0 Å². The Hall–Kier alpha value is -0.770. The van der Waals surface area contributed by atoms with E-state index in [1.807, 2.05) is 18.2 Å². The molecule has 0 aliphatic carbocycles. The summed E-state index contributed by atoms with van der Waals surface area (Å²) in [6.07, 6.45) is 4.63. The quantitative estimate of drug-likeness (QED) is 0.839. The first kappa shape index (κ1) is 16.6. The summed E-state index contributed by atoms with van der Waals surface area (Å²) in [6.45, 7) is 2.74. The van der Waals surface area contributed by atoms with Crippen LogP contribution < -0.4 is 10.6 Å². The van der Waals surface area contributed by atoms with Crippen LogP contribution in [-0.4, -0.2) is 25.5 Å². The lowest BCUT2D eigenvalue weighted by molar-refractivity contribution is -0.121. The standard InChI is InChI=1S/C16H22Cl2N2O/c17-14-2-1-3-15(18)13(14)8-11-20-16(21)5-4-12-6-9-19-10-7-12/h1-3,12,19H,4-11H2,(H,20,21). The molecule has 0 atom stereocenters. The number of nitrogens with one attached hydrogen (secondary N) is 2. The average Bonchev–Trinajstić information content (AvgIpc) is 2.49. The zero-order valence-electron chi connectivity index (χ0n) is 12.1. The predicted octanol–water partition coefficient (Wildman–Crippen LogP) is 3.43. The van der Waals surface area contributed by atoms with Crippen molar-refractivity contribution in [2.75, 3.05) is 19.6 Å². The van der Waals surface area contributed by atoms with Gasteiger partial charge < -0.3 is 10.6 Å². The van der Waals surface area contributed by atoms with E-state index in [9.17, 15) is 4.79 Å². The largest absolute Gasteiger partial charge is 0.356 e. The number of hydrogen-bond donors (Lipinski definition) is 2. The van der Waals surface area contributed by atoms with Gasteiger partial charge in [0.1, 0.15) is 0 Å². The van der Waals surface area contributed by atoms with Crippen LogP contribution in [-0.2, 0) is 11.2 Å². The lowest BCUT2D eigenvalue weighted by atomic mass is 9.93. The first-order valence-electron chi connectivity index (χ1n) is 7.57. The zero-order valence-corrected chi connectivity index (χ0v) is 13.6. The van der Waals surface area contributed by atoms with Crippen LogP contribution in [0.3, 0.4) is 0 Å². The molecule has 0 spiro atoms. The fourth-order valence-corrected chi connectivity index (χ4v) is 3.28. The Morgan fingerprint density at radius 2 is 1.90 bits per heavy atom. The molecule has 3 nitrogen and oxygen atoms in total. The van der Waals surface area contributed by atoms with E-state index in [0.29, 0.717) is 35.3 Å². The minimum absolute atomic E-state index is 0.122. The Bertz CT molecular complexity index is 453. The fraction of sp³-hybridized carbons (Fsp3) is 0.562. The van der Waals surface area contributed by atoms with E-state index in [4.69, 9.17) is 23.2 Å². The highest BCUT2D eigenvalue weighted by molar-refractivity contribution is 6.35. The van der Waals surface area contributed by atoms with Crippen LogP contribution in [0.1, 0.15) is 31.2 Å². The molecule has 0 aromatic heterocycles. The topological polar surface area (TPSA) is 41.1 Å². The molecule has 21 heavy (non-hydrogen) atoms. The SMILES string of the molecule is O=C(CCC1CCNCC1)NCCc1c(Cl)cccc1Cl. The fourth-order valence-electron chi connectivity index (χ4n) is 2.69. The minimum Gasteiger partial charge on any atom is -0.356 e. The summed E-state index contributed by atoms with van der Waals surface area (Å²) < 4.78 is 0. The van der Waals surface area contributed by atoms with Gasteiger partial charge in [0.15, 0.2) is 0 Å². The Morgan fingerprint density at radius 1 is 1.24 bits per heavy atom. The lowest BCUT2D eigenvalue weighted by Crippen LogP contribution is -2.30. The maximum Gasteiger partial charge on any atom is 0.220 e. The minimum atomic E-state index is 0.122. The smallest absolute Gasteiger partial charge is 0.220 e. The molecule has 1 amide bonds. The van der Waals surface area contributed by atoms with Crippen LogP contribution in [0.5, 0.6) is 0 Å². The lowest BCUT2D eigenvalue weighted by Gasteiger charge is -2.22. The first-order valence-corrected chi connectivity index (χ1v) is 8.32. The van der Waals surface area contributed by atoms with E-state index in [1.54, 1.807) is 0 Å². The van der Waals surface area contributed by atoms with E-state index < -0.39 is 0 Å². The highest BCUT2D eigenvalue weighted by atomic mass is 35.5. The molecule has 0 saturated carbocycles.